The summed E-state index contributed by atoms with van der Waals surface area (Å²) in [5.41, 5.74) is 1.12. The van der Waals surface area contributed by atoms with Crippen LogP contribution in [0.25, 0.3) is 0 Å². The molecular weight excluding hydrogens is 272 g/mol. The van der Waals surface area contributed by atoms with Crippen molar-refractivity contribution in [2.45, 2.75) is 19.4 Å². The van der Waals surface area contributed by atoms with Gasteiger partial charge in [0.25, 0.3) is 0 Å². The van der Waals surface area contributed by atoms with Crippen LogP contribution >= 0.6 is 0 Å². The summed E-state index contributed by atoms with van der Waals surface area (Å²) in [5.74, 6) is -0.468. The van der Waals surface area contributed by atoms with Gasteiger partial charge >= 0.3 is 5.97 Å². The molecule has 6 heteroatoms. The number of carbonyl (C=O) groups excluding carboxylic acids is 2. The van der Waals surface area contributed by atoms with Crippen molar-refractivity contribution in [1.82, 2.24) is 5.32 Å². The van der Waals surface area contributed by atoms with E-state index in [0.29, 0.717) is 37.4 Å². The van der Waals surface area contributed by atoms with Gasteiger partial charge in [0.1, 0.15) is 0 Å². The normalized spacial score (nSPS) is 18.0. The molecule has 1 aliphatic rings. The number of benzene rings is 1. The Kier molecular flexibility index (Phi) is 5.71. The first-order valence-corrected chi connectivity index (χ1v) is 7.08. The second-order valence-corrected chi connectivity index (χ2v) is 4.75. The Hall–Kier alpha value is -1.92. The standard InChI is InChI=1S/C15H20N2O4/c1-2-20-15(19)11-3-5-12(6-4-11)17-14(18)9-13-10-16-7-8-21-13/h3-6,13,16H,2,7-10H2,1H3,(H,17,18). The van der Waals surface area contributed by atoms with Crippen molar-refractivity contribution in [3.8, 4) is 0 Å². The van der Waals surface area contributed by atoms with E-state index in [4.69, 9.17) is 9.47 Å². The SMILES string of the molecule is CCOC(=O)c1ccc(NC(=O)CC2CNCCO2)cc1. The molecular formula is C15H20N2O4. The number of nitrogens with one attached hydrogen (secondary N) is 2. The third-order valence-corrected chi connectivity index (χ3v) is 3.10. The summed E-state index contributed by atoms with van der Waals surface area (Å²) in [7, 11) is 0. The van der Waals surface area contributed by atoms with Gasteiger partial charge in [-0.1, -0.05) is 0 Å². The van der Waals surface area contributed by atoms with Gasteiger partial charge in [0, 0.05) is 18.8 Å². The monoisotopic (exact) mass is 292 g/mol. The van der Waals surface area contributed by atoms with Gasteiger partial charge in [0.15, 0.2) is 0 Å². The van der Waals surface area contributed by atoms with Crippen LogP contribution in [0.5, 0.6) is 0 Å². The highest BCUT2D eigenvalue weighted by molar-refractivity contribution is 5.93. The van der Waals surface area contributed by atoms with Crippen LogP contribution in [0.3, 0.4) is 0 Å². The average Bonchev–Trinajstić information content (AvgIpc) is 2.49. The lowest BCUT2D eigenvalue weighted by molar-refractivity contribution is -0.119. The summed E-state index contributed by atoms with van der Waals surface area (Å²) in [5, 5.41) is 5.97. The molecule has 0 bridgehead atoms. The average molecular weight is 292 g/mol. The van der Waals surface area contributed by atoms with Crippen LogP contribution in [0.2, 0.25) is 0 Å². The molecule has 1 atom stereocenters. The molecule has 2 N–H and O–H groups in total. The minimum absolute atomic E-state index is 0.0856. The minimum atomic E-state index is -0.364. The van der Waals surface area contributed by atoms with Crippen molar-refractivity contribution in [2.75, 3.05) is 31.6 Å². The number of carbonyl (C=O) groups is 2. The number of hydrogen-bond donors (Lipinski definition) is 2. The number of rotatable bonds is 5. The van der Waals surface area contributed by atoms with E-state index < -0.39 is 0 Å². The van der Waals surface area contributed by atoms with E-state index in [-0.39, 0.29) is 18.0 Å². The smallest absolute Gasteiger partial charge is 0.338 e. The Morgan fingerprint density at radius 1 is 1.38 bits per heavy atom. The van der Waals surface area contributed by atoms with Crippen LogP contribution in [-0.2, 0) is 14.3 Å². The number of morpholine rings is 1. The summed E-state index contributed by atoms with van der Waals surface area (Å²) in [6, 6.07) is 6.63. The molecule has 1 amide bonds. The molecule has 114 valence electrons. The van der Waals surface area contributed by atoms with Crippen LogP contribution < -0.4 is 10.6 Å². The van der Waals surface area contributed by atoms with Crippen LogP contribution in [0, 0.1) is 0 Å². The fourth-order valence-electron chi connectivity index (χ4n) is 2.07. The van der Waals surface area contributed by atoms with Crippen molar-refractivity contribution in [3.63, 3.8) is 0 Å². The quantitative estimate of drug-likeness (QED) is 0.797. The zero-order valence-electron chi connectivity index (χ0n) is 12.1. The van der Waals surface area contributed by atoms with E-state index >= 15 is 0 Å². The first-order valence-electron chi connectivity index (χ1n) is 7.08. The lowest BCUT2D eigenvalue weighted by Crippen LogP contribution is -2.40. The zero-order valence-corrected chi connectivity index (χ0v) is 12.1. The molecule has 1 aliphatic heterocycles. The van der Waals surface area contributed by atoms with Gasteiger partial charge in [-0.05, 0) is 31.2 Å². The highest BCUT2D eigenvalue weighted by Crippen LogP contribution is 2.12. The van der Waals surface area contributed by atoms with Crippen molar-refractivity contribution >= 4 is 17.6 Å². The van der Waals surface area contributed by atoms with Crippen LogP contribution in [0.4, 0.5) is 5.69 Å². The number of ether oxygens (including phenoxy) is 2. The summed E-state index contributed by atoms with van der Waals surface area (Å²) in [6.07, 6.45) is 0.227. The minimum Gasteiger partial charge on any atom is -0.462 e. The Morgan fingerprint density at radius 3 is 2.76 bits per heavy atom. The summed E-state index contributed by atoms with van der Waals surface area (Å²) >= 11 is 0. The number of esters is 1. The second-order valence-electron chi connectivity index (χ2n) is 4.75. The van der Waals surface area contributed by atoms with Gasteiger partial charge in [-0.15, -0.1) is 0 Å². The maximum Gasteiger partial charge on any atom is 0.338 e. The number of anilines is 1. The number of hydrogen-bond acceptors (Lipinski definition) is 5. The molecule has 2 rings (SSSR count). The molecule has 0 spiro atoms. The summed E-state index contributed by atoms with van der Waals surface area (Å²) < 4.78 is 10.4. The maximum absolute atomic E-state index is 11.9. The first kappa shape index (κ1) is 15.5. The van der Waals surface area contributed by atoms with Gasteiger partial charge in [0.2, 0.25) is 5.91 Å². The molecule has 1 fully saturated rings. The Bertz CT molecular complexity index is 481. The van der Waals surface area contributed by atoms with E-state index in [2.05, 4.69) is 10.6 Å². The summed E-state index contributed by atoms with van der Waals surface area (Å²) in [4.78, 5) is 23.4. The fourth-order valence-corrected chi connectivity index (χ4v) is 2.07. The fraction of sp³-hybridized carbons (Fsp3) is 0.467. The van der Waals surface area contributed by atoms with Crippen molar-refractivity contribution in [2.24, 2.45) is 0 Å². The van der Waals surface area contributed by atoms with Crippen molar-refractivity contribution in [3.05, 3.63) is 29.8 Å². The van der Waals surface area contributed by atoms with E-state index in [0.717, 1.165) is 6.54 Å². The predicted molar refractivity (Wildman–Crippen MR) is 78.3 cm³/mol. The molecule has 1 unspecified atom stereocenters. The Balaban J connectivity index is 1.84. The first-order chi connectivity index (χ1) is 10.2. The topological polar surface area (TPSA) is 76.7 Å². The second kappa shape index (κ2) is 7.75. The molecule has 0 aliphatic carbocycles. The predicted octanol–water partition coefficient (Wildman–Crippen LogP) is 1.18. The van der Waals surface area contributed by atoms with Crippen LogP contribution in [0.15, 0.2) is 24.3 Å². The highest BCUT2D eigenvalue weighted by Gasteiger charge is 2.17. The molecule has 0 aromatic heterocycles. The van der Waals surface area contributed by atoms with E-state index in [9.17, 15) is 9.59 Å². The molecule has 0 saturated carbocycles. The summed E-state index contributed by atoms with van der Waals surface area (Å²) in [6.45, 7) is 4.25. The van der Waals surface area contributed by atoms with Gasteiger partial charge in [0.05, 0.1) is 31.3 Å². The largest absolute Gasteiger partial charge is 0.462 e. The third-order valence-electron chi connectivity index (χ3n) is 3.10. The number of amides is 1. The van der Waals surface area contributed by atoms with Crippen molar-refractivity contribution in [1.29, 1.82) is 0 Å². The maximum atomic E-state index is 11.9. The lowest BCUT2D eigenvalue weighted by Gasteiger charge is -2.23. The highest BCUT2D eigenvalue weighted by atomic mass is 16.5. The Morgan fingerprint density at radius 2 is 2.14 bits per heavy atom. The molecule has 6 nitrogen and oxygen atoms in total. The molecule has 1 saturated heterocycles. The molecule has 21 heavy (non-hydrogen) atoms. The third kappa shape index (κ3) is 4.84. The van der Waals surface area contributed by atoms with Crippen molar-refractivity contribution < 1.29 is 19.1 Å². The van der Waals surface area contributed by atoms with E-state index in [1.165, 1.54) is 0 Å². The van der Waals surface area contributed by atoms with Gasteiger partial charge in [-0.25, -0.2) is 4.79 Å². The van der Waals surface area contributed by atoms with E-state index in [1.807, 2.05) is 0 Å². The van der Waals surface area contributed by atoms with Gasteiger partial charge in [-0.2, -0.15) is 0 Å². The lowest BCUT2D eigenvalue weighted by atomic mass is 10.2. The Labute approximate surface area is 123 Å². The van der Waals surface area contributed by atoms with Crippen LogP contribution in [0.1, 0.15) is 23.7 Å². The van der Waals surface area contributed by atoms with Crippen LogP contribution in [-0.4, -0.2) is 44.3 Å². The molecule has 0 radical (unpaired) electrons. The van der Waals surface area contributed by atoms with E-state index in [1.54, 1.807) is 31.2 Å². The zero-order chi connectivity index (χ0) is 15.1. The van der Waals surface area contributed by atoms with Gasteiger partial charge < -0.3 is 20.1 Å². The molecule has 1 heterocycles. The molecule has 1 aromatic carbocycles. The molecule has 1 aromatic rings. The van der Waals surface area contributed by atoms with Gasteiger partial charge in [-0.3, -0.25) is 4.79 Å².